The van der Waals surface area contributed by atoms with Gasteiger partial charge in [-0.25, -0.2) is 0 Å². The average Bonchev–Trinajstić information content (AvgIpc) is 3.34. The number of carbonyl (C=O) groups excluding carboxylic acids is 2. The molecule has 0 radical (unpaired) electrons. The molecule has 0 aromatic heterocycles. The van der Waals surface area contributed by atoms with E-state index in [1.54, 1.807) is 12.0 Å². The molecule has 1 saturated carbocycles. The predicted octanol–water partition coefficient (Wildman–Crippen LogP) is 4.22. The van der Waals surface area contributed by atoms with E-state index in [1.807, 2.05) is 49.4 Å². The third kappa shape index (κ3) is 6.01. The summed E-state index contributed by atoms with van der Waals surface area (Å²) in [5, 5.41) is 3.18. The van der Waals surface area contributed by atoms with Crippen LogP contribution in [0.2, 0.25) is 0 Å². The van der Waals surface area contributed by atoms with Crippen molar-refractivity contribution in [3.8, 4) is 17.2 Å². The van der Waals surface area contributed by atoms with Crippen LogP contribution >= 0.6 is 0 Å². The van der Waals surface area contributed by atoms with Gasteiger partial charge in [-0.05, 0) is 61.6 Å². The van der Waals surface area contributed by atoms with Crippen LogP contribution in [0.25, 0.3) is 0 Å². The molecule has 1 aliphatic carbocycles. The third-order valence-electron chi connectivity index (χ3n) is 6.70. The van der Waals surface area contributed by atoms with Crippen LogP contribution in [0.4, 0.5) is 0 Å². The molecule has 1 atom stereocenters. The molecular weight excluding hydrogens is 432 g/mol. The van der Waals surface area contributed by atoms with Crippen molar-refractivity contribution in [3.05, 3.63) is 53.6 Å². The summed E-state index contributed by atoms with van der Waals surface area (Å²) in [5.74, 6) is 2.05. The lowest BCUT2D eigenvalue weighted by molar-refractivity contribution is -0.141. The standard InChI is InChI=1S/C27H34N2O5/c1-19(27(31)28-22-6-4-3-5-7-22)29(17-21-8-12-23(32-2)13-9-21)26(30)15-11-20-10-14-24-25(16-20)34-18-33-24/h8-10,12-14,16,19,22H,3-7,11,15,17-18H2,1-2H3,(H,28,31). The largest absolute Gasteiger partial charge is 0.497 e. The number of carbonyl (C=O) groups is 2. The van der Waals surface area contributed by atoms with E-state index in [0.29, 0.717) is 25.1 Å². The molecule has 0 saturated heterocycles. The van der Waals surface area contributed by atoms with Crippen molar-refractivity contribution >= 4 is 11.8 Å². The van der Waals surface area contributed by atoms with E-state index >= 15 is 0 Å². The van der Waals surface area contributed by atoms with Gasteiger partial charge in [-0.3, -0.25) is 9.59 Å². The number of benzene rings is 2. The Bertz CT molecular complexity index is 985. The van der Waals surface area contributed by atoms with Crippen LogP contribution in [-0.4, -0.2) is 42.7 Å². The summed E-state index contributed by atoms with van der Waals surface area (Å²) in [6.07, 6.45) is 6.39. The molecule has 2 aromatic carbocycles. The summed E-state index contributed by atoms with van der Waals surface area (Å²) < 4.78 is 16.1. The second kappa shape index (κ2) is 11.3. The first-order chi connectivity index (χ1) is 16.5. The van der Waals surface area contributed by atoms with E-state index in [4.69, 9.17) is 14.2 Å². The number of fused-ring (bicyclic) bond motifs is 1. The number of amides is 2. The Labute approximate surface area is 201 Å². The van der Waals surface area contributed by atoms with Gasteiger partial charge in [0.15, 0.2) is 11.5 Å². The number of rotatable bonds is 9. The number of hydrogen-bond acceptors (Lipinski definition) is 5. The second-order valence-corrected chi connectivity index (χ2v) is 9.08. The number of nitrogens with one attached hydrogen (secondary N) is 1. The van der Waals surface area contributed by atoms with Crippen molar-refractivity contribution in [1.29, 1.82) is 0 Å². The predicted molar refractivity (Wildman–Crippen MR) is 129 cm³/mol. The Morgan fingerprint density at radius 1 is 1.03 bits per heavy atom. The van der Waals surface area contributed by atoms with Gasteiger partial charge in [0.05, 0.1) is 7.11 Å². The van der Waals surface area contributed by atoms with Crippen LogP contribution in [-0.2, 0) is 22.6 Å². The fraction of sp³-hybridized carbons (Fsp3) is 0.481. The van der Waals surface area contributed by atoms with E-state index in [-0.39, 0.29) is 24.6 Å². The van der Waals surface area contributed by atoms with E-state index in [9.17, 15) is 9.59 Å². The van der Waals surface area contributed by atoms with Crippen molar-refractivity contribution in [2.45, 2.75) is 70.5 Å². The van der Waals surface area contributed by atoms with Gasteiger partial charge in [-0.1, -0.05) is 37.5 Å². The zero-order chi connectivity index (χ0) is 23.9. The molecule has 0 bridgehead atoms. The van der Waals surface area contributed by atoms with Gasteiger partial charge in [0, 0.05) is 19.0 Å². The molecule has 1 fully saturated rings. The molecule has 0 spiro atoms. The first-order valence-electron chi connectivity index (χ1n) is 12.1. The lowest BCUT2D eigenvalue weighted by Crippen LogP contribution is -2.50. The summed E-state index contributed by atoms with van der Waals surface area (Å²) in [4.78, 5) is 28.2. The minimum Gasteiger partial charge on any atom is -0.497 e. The average molecular weight is 467 g/mol. The smallest absolute Gasteiger partial charge is 0.242 e. The fourth-order valence-electron chi connectivity index (χ4n) is 4.57. The molecule has 7 heteroatoms. The Morgan fingerprint density at radius 2 is 1.74 bits per heavy atom. The highest BCUT2D eigenvalue weighted by molar-refractivity contribution is 5.87. The highest BCUT2D eigenvalue weighted by atomic mass is 16.7. The number of aryl methyl sites for hydroxylation is 1. The Hall–Kier alpha value is -3.22. The van der Waals surface area contributed by atoms with E-state index < -0.39 is 6.04 Å². The van der Waals surface area contributed by atoms with E-state index in [2.05, 4.69) is 5.32 Å². The lowest BCUT2D eigenvalue weighted by Gasteiger charge is -2.31. The van der Waals surface area contributed by atoms with Crippen LogP contribution in [0, 0.1) is 0 Å². The molecule has 182 valence electrons. The molecule has 2 aliphatic rings. The first kappa shape index (κ1) is 23.9. The zero-order valence-corrected chi connectivity index (χ0v) is 20.0. The number of hydrogen-bond donors (Lipinski definition) is 1. The fourth-order valence-corrected chi connectivity index (χ4v) is 4.57. The first-order valence-corrected chi connectivity index (χ1v) is 12.1. The Morgan fingerprint density at radius 3 is 2.47 bits per heavy atom. The second-order valence-electron chi connectivity index (χ2n) is 9.08. The maximum absolute atomic E-state index is 13.4. The molecule has 1 N–H and O–H groups in total. The summed E-state index contributed by atoms with van der Waals surface area (Å²) in [6, 6.07) is 13.0. The zero-order valence-electron chi connectivity index (χ0n) is 20.0. The number of nitrogens with zero attached hydrogens (tertiary/aromatic N) is 1. The molecular formula is C27H34N2O5. The van der Waals surface area contributed by atoms with Gasteiger partial charge >= 0.3 is 0 Å². The van der Waals surface area contributed by atoms with Gasteiger partial charge < -0.3 is 24.4 Å². The highest BCUT2D eigenvalue weighted by Crippen LogP contribution is 2.33. The highest BCUT2D eigenvalue weighted by Gasteiger charge is 2.28. The number of methoxy groups -OCH3 is 1. The maximum Gasteiger partial charge on any atom is 0.242 e. The molecule has 2 aromatic rings. The molecule has 1 aliphatic heterocycles. The summed E-state index contributed by atoms with van der Waals surface area (Å²) in [7, 11) is 1.62. The van der Waals surface area contributed by atoms with Crippen molar-refractivity contribution in [1.82, 2.24) is 10.2 Å². The SMILES string of the molecule is COc1ccc(CN(C(=O)CCc2ccc3c(c2)OCO3)C(C)C(=O)NC2CCCCC2)cc1. The monoisotopic (exact) mass is 466 g/mol. The summed E-state index contributed by atoms with van der Waals surface area (Å²) in [6.45, 7) is 2.41. The van der Waals surface area contributed by atoms with Crippen LogP contribution in [0.5, 0.6) is 17.2 Å². The quantitative estimate of drug-likeness (QED) is 0.599. The van der Waals surface area contributed by atoms with Crippen molar-refractivity contribution in [2.75, 3.05) is 13.9 Å². The molecule has 4 rings (SSSR count). The van der Waals surface area contributed by atoms with Gasteiger partial charge in [-0.2, -0.15) is 0 Å². The number of ether oxygens (including phenoxy) is 3. The maximum atomic E-state index is 13.4. The Balaban J connectivity index is 1.44. The van der Waals surface area contributed by atoms with Gasteiger partial charge in [0.1, 0.15) is 11.8 Å². The Kier molecular flexibility index (Phi) is 7.93. The van der Waals surface area contributed by atoms with Crippen molar-refractivity contribution in [2.24, 2.45) is 0 Å². The summed E-state index contributed by atoms with van der Waals surface area (Å²) in [5.41, 5.74) is 1.95. The topological polar surface area (TPSA) is 77.1 Å². The van der Waals surface area contributed by atoms with Gasteiger partial charge in [-0.15, -0.1) is 0 Å². The minimum atomic E-state index is -0.562. The van der Waals surface area contributed by atoms with Gasteiger partial charge in [0.25, 0.3) is 0 Å². The molecule has 7 nitrogen and oxygen atoms in total. The van der Waals surface area contributed by atoms with Crippen LogP contribution in [0.1, 0.15) is 56.6 Å². The lowest BCUT2D eigenvalue weighted by atomic mass is 9.95. The van der Waals surface area contributed by atoms with E-state index in [1.165, 1.54) is 6.42 Å². The van der Waals surface area contributed by atoms with Crippen LogP contribution in [0.3, 0.4) is 0 Å². The molecule has 1 unspecified atom stereocenters. The molecule has 1 heterocycles. The normalized spacial score (nSPS) is 16.1. The minimum absolute atomic E-state index is 0.0558. The van der Waals surface area contributed by atoms with Crippen LogP contribution in [0.15, 0.2) is 42.5 Å². The van der Waals surface area contributed by atoms with Crippen molar-refractivity contribution < 1.29 is 23.8 Å². The van der Waals surface area contributed by atoms with Crippen LogP contribution < -0.4 is 19.5 Å². The van der Waals surface area contributed by atoms with Crippen molar-refractivity contribution in [3.63, 3.8) is 0 Å². The van der Waals surface area contributed by atoms with E-state index in [0.717, 1.165) is 48.3 Å². The molecule has 2 amide bonds. The van der Waals surface area contributed by atoms with Gasteiger partial charge in [0.2, 0.25) is 18.6 Å². The third-order valence-corrected chi connectivity index (χ3v) is 6.70. The summed E-state index contributed by atoms with van der Waals surface area (Å²) >= 11 is 0. The molecule has 34 heavy (non-hydrogen) atoms.